The second-order valence-corrected chi connectivity index (χ2v) is 6.19. The maximum Gasteiger partial charge on any atom is 0.137 e. The van der Waals surface area contributed by atoms with Gasteiger partial charge in [-0.25, -0.2) is 4.98 Å². The summed E-state index contributed by atoms with van der Waals surface area (Å²) in [5.41, 5.74) is 1.87. The van der Waals surface area contributed by atoms with Gasteiger partial charge in [0.05, 0.1) is 11.4 Å². The Labute approximate surface area is 167 Å². The number of piperazine rings is 1. The zero-order chi connectivity index (χ0) is 16.4. The number of hydrogen-bond acceptors (Lipinski definition) is 4. The van der Waals surface area contributed by atoms with Crippen molar-refractivity contribution in [1.82, 2.24) is 14.9 Å². The average Bonchev–Trinajstić information content (AvgIpc) is 2.68. The molecule has 0 N–H and O–H groups in total. The van der Waals surface area contributed by atoms with E-state index >= 15 is 0 Å². The molecular weight excluding hydrogens is 367 g/mol. The van der Waals surface area contributed by atoms with Gasteiger partial charge in [0, 0.05) is 37.8 Å². The van der Waals surface area contributed by atoms with Gasteiger partial charge in [-0.2, -0.15) is 0 Å². The van der Waals surface area contributed by atoms with Crippen LogP contribution < -0.4 is 4.90 Å². The molecule has 0 atom stereocenters. The van der Waals surface area contributed by atoms with Crippen LogP contribution in [0.3, 0.4) is 0 Å². The molecule has 0 amide bonds. The molecule has 1 saturated heterocycles. The maximum atomic E-state index is 4.99. The van der Waals surface area contributed by atoms with Crippen LogP contribution in [0.5, 0.6) is 0 Å². The lowest BCUT2D eigenvalue weighted by atomic mass is 10.1. The van der Waals surface area contributed by atoms with E-state index in [0.29, 0.717) is 0 Å². The Balaban J connectivity index is 0.00000121. The molecule has 4 rings (SSSR count). The van der Waals surface area contributed by atoms with Gasteiger partial charge in [0.1, 0.15) is 5.82 Å². The minimum atomic E-state index is 0. The third-order valence-corrected chi connectivity index (χ3v) is 4.77. The molecule has 0 spiro atoms. The Kier molecular flexibility index (Phi) is 7.21. The van der Waals surface area contributed by atoms with Crippen molar-refractivity contribution < 1.29 is 0 Å². The van der Waals surface area contributed by atoms with E-state index < -0.39 is 0 Å². The highest BCUT2D eigenvalue weighted by Gasteiger charge is 2.19. The highest BCUT2D eigenvalue weighted by molar-refractivity contribution is 5.94. The van der Waals surface area contributed by atoms with Gasteiger partial charge in [0.15, 0.2) is 0 Å². The zero-order valence-electron chi connectivity index (χ0n) is 14.8. The van der Waals surface area contributed by atoms with Crippen LogP contribution >= 0.6 is 24.8 Å². The molecule has 6 heteroatoms. The third kappa shape index (κ3) is 4.09. The Hall–Kier alpha value is -1.88. The highest BCUT2D eigenvalue weighted by atomic mass is 35.5. The SMILES string of the molecule is CCN1CCN(c2nc(-c3ccccn3)cc3ccccc23)CC1.Cl.Cl. The molecule has 1 fully saturated rings. The molecule has 1 aliphatic rings. The Bertz CT molecular complexity index is 834. The Morgan fingerprint density at radius 3 is 2.31 bits per heavy atom. The van der Waals surface area contributed by atoms with Crippen molar-refractivity contribution in [3.8, 4) is 11.4 Å². The summed E-state index contributed by atoms with van der Waals surface area (Å²) in [6.45, 7) is 7.59. The largest absolute Gasteiger partial charge is 0.354 e. The van der Waals surface area contributed by atoms with Crippen LogP contribution in [0.4, 0.5) is 5.82 Å². The Morgan fingerprint density at radius 1 is 0.885 bits per heavy atom. The molecule has 0 radical (unpaired) electrons. The molecular formula is C20H24Cl2N4. The summed E-state index contributed by atoms with van der Waals surface area (Å²) in [7, 11) is 0. The zero-order valence-corrected chi connectivity index (χ0v) is 16.5. The summed E-state index contributed by atoms with van der Waals surface area (Å²) in [6.07, 6.45) is 1.83. The summed E-state index contributed by atoms with van der Waals surface area (Å²) in [6, 6.07) is 16.6. The van der Waals surface area contributed by atoms with Gasteiger partial charge in [-0.3, -0.25) is 4.98 Å². The van der Waals surface area contributed by atoms with Gasteiger partial charge in [0.25, 0.3) is 0 Å². The van der Waals surface area contributed by atoms with E-state index in [-0.39, 0.29) is 24.8 Å². The van der Waals surface area contributed by atoms with Gasteiger partial charge < -0.3 is 9.80 Å². The first kappa shape index (κ1) is 20.4. The van der Waals surface area contributed by atoms with Crippen LogP contribution in [0, 0.1) is 0 Å². The van der Waals surface area contributed by atoms with Crippen molar-refractivity contribution in [3.63, 3.8) is 0 Å². The summed E-state index contributed by atoms with van der Waals surface area (Å²) < 4.78 is 0. The van der Waals surface area contributed by atoms with E-state index in [2.05, 4.69) is 52.0 Å². The fourth-order valence-electron chi connectivity index (χ4n) is 3.34. The smallest absolute Gasteiger partial charge is 0.137 e. The number of fused-ring (bicyclic) bond motifs is 1. The summed E-state index contributed by atoms with van der Waals surface area (Å²) in [5.74, 6) is 1.09. The van der Waals surface area contributed by atoms with Crippen LogP contribution in [-0.4, -0.2) is 47.6 Å². The van der Waals surface area contributed by atoms with Crippen LogP contribution in [0.25, 0.3) is 22.2 Å². The monoisotopic (exact) mass is 390 g/mol. The van der Waals surface area contributed by atoms with Crippen molar-refractivity contribution in [1.29, 1.82) is 0 Å². The van der Waals surface area contributed by atoms with Gasteiger partial charge in [-0.05, 0) is 30.1 Å². The lowest BCUT2D eigenvalue weighted by Gasteiger charge is -2.35. The topological polar surface area (TPSA) is 32.3 Å². The maximum absolute atomic E-state index is 4.99. The normalized spacial score (nSPS) is 14.6. The van der Waals surface area contributed by atoms with E-state index in [9.17, 15) is 0 Å². The van der Waals surface area contributed by atoms with Crippen molar-refractivity contribution in [3.05, 3.63) is 54.7 Å². The minimum Gasteiger partial charge on any atom is -0.354 e. The molecule has 3 aromatic rings. The molecule has 0 bridgehead atoms. The van der Waals surface area contributed by atoms with Gasteiger partial charge in [0.2, 0.25) is 0 Å². The molecule has 0 saturated carbocycles. The number of aromatic nitrogens is 2. The molecule has 3 heterocycles. The molecule has 4 nitrogen and oxygen atoms in total. The molecule has 0 aliphatic carbocycles. The van der Waals surface area contributed by atoms with E-state index in [1.807, 2.05) is 24.4 Å². The van der Waals surface area contributed by atoms with Crippen molar-refractivity contribution >= 4 is 41.4 Å². The molecule has 26 heavy (non-hydrogen) atoms. The standard InChI is InChI=1S/C20H22N4.2ClH/c1-2-23-11-13-24(14-12-23)20-17-8-4-3-7-16(17)15-19(22-20)18-9-5-6-10-21-18;;/h3-10,15H,2,11-14H2,1H3;2*1H. The number of halogens is 2. The first-order valence-electron chi connectivity index (χ1n) is 8.63. The third-order valence-electron chi connectivity index (χ3n) is 4.77. The first-order chi connectivity index (χ1) is 11.8. The number of benzene rings is 1. The highest BCUT2D eigenvalue weighted by Crippen LogP contribution is 2.29. The second-order valence-electron chi connectivity index (χ2n) is 6.19. The summed E-state index contributed by atoms with van der Waals surface area (Å²) >= 11 is 0. The lowest BCUT2D eigenvalue weighted by molar-refractivity contribution is 0.271. The average molecular weight is 391 g/mol. The van der Waals surface area contributed by atoms with Crippen LogP contribution in [0.15, 0.2) is 54.7 Å². The predicted octanol–water partition coefficient (Wildman–Crippen LogP) is 4.28. The first-order valence-corrected chi connectivity index (χ1v) is 8.63. The van der Waals surface area contributed by atoms with Crippen LogP contribution in [-0.2, 0) is 0 Å². The second kappa shape index (κ2) is 9.17. The quantitative estimate of drug-likeness (QED) is 0.667. The minimum absolute atomic E-state index is 0. The molecule has 138 valence electrons. The van der Waals surface area contributed by atoms with Crippen LogP contribution in [0.1, 0.15) is 6.92 Å². The number of hydrogen-bond donors (Lipinski definition) is 0. The Morgan fingerprint density at radius 2 is 1.62 bits per heavy atom. The molecule has 2 aromatic heterocycles. The van der Waals surface area contributed by atoms with Crippen molar-refractivity contribution in [2.75, 3.05) is 37.6 Å². The predicted molar refractivity (Wildman–Crippen MR) is 114 cm³/mol. The van der Waals surface area contributed by atoms with Crippen molar-refractivity contribution in [2.45, 2.75) is 6.92 Å². The molecule has 0 unspecified atom stereocenters. The molecule has 1 aliphatic heterocycles. The van der Waals surface area contributed by atoms with E-state index in [1.165, 1.54) is 10.8 Å². The fourth-order valence-corrected chi connectivity index (χ4v) is 3.34. The number of pyridine rings is 2. The fraction of sp³-hybridized carbons (Fsp3) is 0.300. The lowest BCUT2D eigenvalue weighted by Crippen LogP contribution is -2.46. The van der Waals surface area contributed by atoms with Crippen LogP contribution in [0.2, 0.25) is 0 Å². The summed E-state index contributed by atoms with van der Waals surface area (Å²) in [4.78, 5) is 14.4. The van der Waals surface area contributed by atoms with Gasteiger partial charge in [-0.1, -0.05) is 37.3 Å². The number of likely N-dealkylation sites (N-methyl/N-ethyl adjacent to an activating group) is 1. The number of anilines is 1. The number of rotatable bonds is 3. The van der Waals surface area contributed by atoms with Gasteiger partial charge in [-0.15, -0.1) is 24.8 Å². The number of nitrogens with zero attached hydrogens (tertiary/aromatic N) is 4. The molecule has 1 aromatic carbocycles. The summed E-state index contributed by atoms with van der Waals surface area (Å²) in [5, 5.41) is 2.45. The van der Waals surface area contributed by atoms with E-state index in [1.54, 1.807) is 0 Å². The van der Waals surface area contributed by atoms with Gasteiger partial charge >= 0.3 is 0 Å². The van der Waals surface area contributed by atoms with E-state index in [0.717, 1.165) is 49.9 Å². The van der Waals surface area contributed by atoms with Crippen molar-refractivity contribution in [2.24, 2.45) is 0 Å². The van der Waals surface area contributed by atoms with E-state index in [4.69, 9.17) is 4.98 Å².